The summed E-state index contributed by atoms with van der Waals surface area (Å²) in [5, 5.41) is 9.36. The van der Waals surface area contributed by atoms with Gasteiger partial charge in [-0.25, -0.2) is 8.78 Å². The van der Waals surface area contributed by atoms with Gasteiger partial charge in [0.15, 0.2) is 17.4 Å². The lowest BCUT2D eigenvalue weighted by molar-refractivity contribution is -0.139. The van der Waals surface area contributed by atoms with Gasteiger partial charge in [-0.1, -0.05) is 11.6 Å². The van der Waals surface area contributed by atoms with E-state index in [0.29, 0.717) is 10.7 Å². The van der Waals surface area contributed by atoms with Crippen LogP contribution in [-0.2, 0) is 17.6 Å². The van der Waals surface area contributed by atoms with E-state index in [1.165, 1.54) is 35.8 Å². The molecule has 3 rings (SSSR count). The van der Waals surface area contributed by atoms with Crippen LogP contribution in [0.1, 0.15) is 29.7 Å². The van der Waals surface area contributed by atoms with Crippen molar-refractivity contribution in [2.75, 3.05) is 0 Å². The molecule has 3 aromatic rings. The minimum Gasteiger partial charge on any atom is -0.481 e. The zero-order valence-corrected chi connectivity index (χ0v) is 16.6. The third-order valence-electron chi connectivity index (χ3n) is 4.65. The molecule has 0 aliphatic rings. The monoisotopic (exact) mass is 459 g/mol. The van der Waals surface area contributed by atoms with Crippen molar-refractivity contribution in [3.8, 4) is 11.4 Å². The van der Waals surface area contributed by atoms with E-state index < -0.39 is 47.6 Å². The maximum atomic E-state index is 14.4. The van der Waals surface area contributed by atoms with Crippen LogP contribution >= 0.6 is 11.6 Å². The van der Waals surface area contributed by atoms with E-state index in [1.54, 1.807) is 0 Å². The Kier molecular flexibility index (Phi) is 6.26. The summed E-state index contributed by atoms with van der Waals surface area (Å²) in [4.78, 5) is 11.0. The van der Waals surface area contributed by atoms with Gasteiger partial charge in [0.2, 0.25) is 0 Å². The molecule has 0 saturated carbocycles. The Morgan fingerprint density at radius 2 is 1.71 bits per heavy atom. The van der Waals surface area contributed by atoms with E-state index in [0.717, 1.165) is 24.4 Å². The number of hydrogen-bond donors (Lipinski definition) is 1. The molecule has 0 aliphatic carbocycles. The van der Waals surface area contributed by atoms with Gasteiger partial charge in [-0.05, 0) is 55.0 Å². The number of carboxylic acid groups (broad SMARTS) is 1. The fourth-order valence-electron chi connectivity index (χ4n) is 2.96. The van der Waals surface area contributed by atoms with E-state index in [-0.39, 0.29) is 11.3 Å². The van der Waals surface area contributed by atoms with E-state index >= 15 is 0 Å². The van der Waals surface area contributed by atoms with E-state index in [1.807, 2.05) is 0 Å². The first-order valence-electron chi connectivity index (χ1n) is 8.87. The Balaban J connectivity index is 1.97. The number of aliphatic carboxylic acids is 1. The van der Waals surface area contributed by atoms with Crippen LogP contribution < -0.4 is 4.74 Å². The van der Waals surface area contributed by atoms with Crippen molar-refractivity contribution in [1.82, 2.24) is 4.57 Å². The van der Waals surface area contributed by atoms with Gasteiger partial charge >= 0.3 is 12.1 Å². The zero-order valence-electron chi connectivity index (χ0n) is 15.9. The summed E-state index contributed by atoms with van der Waals surface area (Å²) in [7, 11) is 0. The number of halogens is 6. The largest absolute Gasteiger partial charge is 0.481 e. The zero-order chi connectivity index (χ0) is 22.9. The molecule has 31 heavy (non-hydrogen) atoms. The molecule has 1 unspecified atom stereocenters. The number of ether oxygens (including phenoxy) is 1. The molecule has 1 heterocycles. The lowest BCUT2D eigenvalue weighted by Crippen LogP contribution is -2.14. The lowest BCUT2D eigenvalue weighted by Gasteiger charge is -2.16. The molecule has 4 nitrogen and oxygen atoms in total. The summed E-state index contributed by atoms with van der Waals surface area (Å²) >= 11 is 5.81. The summed E-state index contributed by atoms with van der Waals surface area (Å²) in [5.41, 5.74) is -1.21. The minimum atomic E-state index is -4.73. The number of rotatable bonds is 6. The highest BCUT2D eigenvalue weighted by Gasteiger charge is 2.36. The van der Waals surface area contributed by atoms with Crippen molar-refractivity contribution in [2.24, 2.45) is 0 Å². The SMILES string of the molecule is CC(C(=O)O)c1cc(F)c(OCc2c(C(F)(F)F)ccn2-c2ccc(Cl)cc2)c(F)c1. The molecule has 0 amide bonds. The molecule has 0 saturated heterocycles. The predicted molar refractivity (Wildman–Crippen MR) is 103 cm³/mol. The normalized spacial score (nSPS) is 12.6. The Bertz CT molecular complexity index is 1090. The predicted octanol–water partition coefficient (Wildman–Crippen LogP) is 6.19. The molecule has 0 aliphatic heterocycles. The number of carbonyl (C=O) groups is 1. The first-order valence-corrected chi connectivity index (χ1v) is 9.24. The van der Waals surface area contributed by atoms with Crippen molar-refractivity contribution >= 4 is 17.6 Å². The average Bonchev–Trinajstić information content (AvgIpc) is 3.11. The Morgan fingerprint density at radius 1 is 1.13 bits per heavy atom. The van der Waals surface area contributed by atoms with Crippen LogP contribution in [0.15, 0.2) is 48.7 Å². The smallest absolute Gasteiger partial charge is 0.418 e. The fraction of sp³-hybridized carbons (Fsp3) is 0.190. The molecule has 2 aromatic carbocycles. The van der Waals surface area contributed by atoms with Crippen molar-refractivity contribution < 1.29 is 36.6 Å². The van der Waals surface area contributed by atoms with Crippen molar-refractivity contribution in [2.45, 2.75) is 25.6 Å². The van der Waals surface area contributed by atoms with Gasteiger partial charge in [0.25, 0.3) is 0 Å². The highest BCUT2D eigenvalue weighted by molar-refractivity contribution is 6.30. The molecule has 10 heteroatoms. The Morgan fingerprint density at radius 3 is 2.23 bits per heavy atom. The highest BCUT2D eigenvalue weighted by atomic mass is 35.5. The molecule has 1 aromatic heterocycles. The number of carboxylic acids is 1. The highest BCUT2D eigenvalue weighted by Crippen LogP contribution is 2.35. The van der Waals surface area contributed by atoms with Gasteiger partial charge in [0.05, 0.1) is 17.2 Å². The van der Waals surface area contributed by atoms with E-state index in [4.69, 9.17) is 21.4 Å². The Hall–Kier alpha value is -3.07. The molecular weight excluding hydrogens is 445 g/mol. The van der Waals surface area contributed by atoms with Crippen molar-refractivity contribution in [3.05, 3.63) is 82.1 Å². The minimum absolute atomic E-state index is 0.143. The van der Waals surface area contributed by atoms with E-state index in [9.17, 15) is 26.7 Å². The van der Waals surface area contributed by atoms with Gasteiger partial charge in [-0.15, -0.1) is 0 Å². The molecule has 0 radical (unpaired) electrons. The second-order valence-corrected chi connectivity index (χ2v) is 7.12. The quantitative estimate of drug-likeness (QED) is 0.447. The fourth-order valence-corrected chi connectivity index (χ4v) is 3.09. The average molecular weight is 460 g/mol. The number of hydrogen-bond acceptors (Lipinski definition) is 2. The molecule has 0 fully saturated rings. The molecule has 164 valence electrons. The number of alkyl halides is 3. The molecule has 1 atom stereocenters. The summed E-state index contributed by atoms with van der Waals surface area (Å²) < 4.78 is 75.3. The first-order chi connectivity index (χ1) is 14.5. The Labute approximate surface area is 178 Å². The number of nitrogens with zero attached hydrogens (tertiary/aromatic N) is 1. The van der Waals surface area contributed by atoms with Gasteiger partial charge in [0, 0.05) is 16.9 Å². The maximum Gasteiger partial charge on any atom is 0.418 e. The van der Waals surface area contributed by atoms with Crippen LogP contribution in [0.4, 0.5) is 22.0 Å². The third kappa shape index (κ3) is 4.82. The van der Waals surface area contributed by atoms with Crippen molar-refractivity contribution in [3.63, 3.8) is 0 Å². The lowest BCUT2D eigenvalue weighted by atomic mass is 10.0. The maximum absolute atomic E-state index is 14.4. The molecule has 0 bridgehead atoms. The number of aromatic nitrogens is 1. The summed E-state index contributed by atoms with van der Waals surface area (Å²) in [5.74, 6) is -5.82. The first kappa shape index (κ1) is 22.6. The van der Waals surface area contributed by atoms with Crippen molar-refractivity contribution in [1.29, 1.82) is 0 Å². The second-order valence-electron chi connectivity index (χ2n) is 6.68. The number of benzene rings is 2. The third-order valence-corrected chi connectivity index (χ3v) is 4.90. The van der Waals surface area contributed by atoms with Gasteiger partial charge in [0.1, 0.15) is 6.61 Å². The van der Waals surface area contributed by atoms with Crippen LogP contribution in [0.3, 0.4) is 0 Å². The summed E-state index contributed by atoms with van der Waals surface area (Å²) in [6, 6.07) is 8.31. The molecular formula is C21H15ClF5NO3. The standard InChI is InChI=1S/C21H15ClF5NO3/c1-11(20(29)30)12-8-16(23)19(17(24)9-12)31-10-18-15(21(25,26)27)6-7-28(18)14-4-2-13(22)3-5-14/h2-9,11H,10H2,1H3,(H,29,30). The summed E-state index contributed by atoms with van der Waals surface area (Å²) in [6.07, 6.45) is -3.57. The van der Waals surface area contributed by atoms with Gasteiger partial charge in [-0.2, -0.15) is 13.2 Å². The molecule has 0 spiro atoms. The van der Waals surface area contributed by atoms with E-state index in [2.05, 4.69) is 0 Å². The summed E-state index contributed by atoms with van der Waals surface area (Å²) in [6.45, 7) is 0.442. The second kappa shape index (κ2) is 8.58. The van der Waals surface area contributed by atoms with Crippen LogP contribution in [0.25, 0.3) is 5.69 Å². The van der Waals surface area contributed by atoms with Gasteiger partial charge in [-0.3, -0.25) is 4.79 Å². The van der Waals surface area contributed by atoms with Crippen LogP contribution in [0, 0.1) is 11.6 Å². The van der Waals surface area contributed by atoms with Gasteiger partial charge < -0.3 is 14.4 Å². The molecule has 1 N–H and O–H groups in total. The topological polar surface area (TPSA) is 51.5 Å². The van der Waals surface area contributed by atoms with Crippen LogP contribution in [-0.4, -0.2) is 15.6 Å². The van der Waals surface area contributed by atoms with Crippen LogP contribution in [0.2, 0.25) is 5.02 Å². The van der Waals surface area contributed by atoms with Crippen LogP contribution in [0.5, 0.6) is 5.75 Å².